The van der Waals surface area contributed by atoms with Crippen LogP contribution in [0.25, 0.3) is 0 Å². The summed E-state index contributed by atoms with van der Waals surface area (Å²) < 4.78 is 5.58. The molecule has 1 aromatic heterocycles. The summed E-state index contributed by atoms with van der Waals surface area (Å²) in [5, 5.41) is 11.1. The molecule has 1 N–H and O–H groups in total. The Bertz CT molecular complexity index is 1010. The third-order valence-electron chi connectivity index (χ3n) is 4.59. The predicted octanol–water partition coefficient (Wildman–Crippen LogP) is 3.80. The Labute approximate surface area is 166 Å². The molecule has 0 spiro atoms. The molecule has 3 aromatic rings. The van der Waals surface area contributed by atoms with Crippen LogP contribution in [-0.2, 0) is 4.79 Å². The summed E-state index contributed by atoms with van der Waals surface area (Å²) in [6.07, 6.45) is 0.260. The van der Waals surface area contributed by atoms with Crippen LogP contribution in [0.4, 0.5) is 11.7 Å². The summed E-state index contributed by atoms with van der Waals surface area (Å²) in [5.74, 6) is -0.277. The van der Waals surface area contributed by atoms with E-state index in [4.69, 9.17) is 16.0 Å². The molecular formula is C20H17ClN4O3. The average Bonchev–Trinajstić information content (AvgIpc) is 3.29. The molecule has 2 amide bonds. The van der Waals surface area contributed by atoms with Gasteiger partial charge in [-0.05, 0) is 43.3 Å². The van der Waals surface area contributed by atoms with E-state index in [0.29, 0.717) is 23.0 Å². The molecule has 1 fully saturated rings. The Morgan fingerprint density at radius 3 is 2.57 bits per heavy atom. The zero-order valence-corrected chi connectivity index (χ0v) is 15.8. The lowest BCUT2D eigenvalue weighted by molar-refractivity contribution is -0.117. The molecule has 2 aromatic carbocycles. The molecule has 0 radical (unpaired) electrons. The lowest BCUT2D eigenvalue weighted by Gasteiger charge is -2.15. The van der Waals surface area contributed by atoms with Crippen LogP contribution in [0.5, 0.6) is 0 Å². The van der Waals surface area contributed by atoms with Crippen molar-refractivity contribution >= 4 is 35.1 Å². The van der Waals surface area contributed by atoms with E-state index in [1.807, 2.05) is 19.1 Å². The molecule has 7 nitrogen and oxygen atoms in total. The molecule has 1 saturated heterocycles. The maximum Gasteiger partial charge on any atom is 0.322 e. The monoisotopic (exact) mass is 396 g/mol. The van der Waals surface area contributed by atoms with Gasteiger partial charge in [-0.25, -0.2) is 0 Å². The molecule has 1 atom stereocenters. The second-order valence-electron chi connectivity index (χ2n) is 6.65. The van der Waals surface area contributed by atoms with Gasteiger partial charge in [-0.2, -0.15) is 0 Å². The van der Waals surface area contributed by atoms with Crippen LogP contribution >= 0.6 is 11.6 Å². The molecule has 0 unspecified atom stereocenters. The number of hydrogen-bond acceptors (Lipinski definition) is 5. The minimum absolute atomic E-state index is 0.0120. The van der Waals surface area contributed by atoms with Crippen molar-refractivity contribution in [2.45, 2.75) is 19.3 Å². The number of nitrogens with one attached hydrogen (secondary N) is 1. The number of amides is 2. The van der Waals surface area contributed by atoms with Crippen molar-refractivity contribution in [3.05, 3.63) is 70.6 Å². The van der Waals surface area contributed by atoms with Crippen molar-refractivity contribution in [3.63, 3.8) is 0 Å². The summed E-state index contributed by atoms with van der Waals surface area (Å²) in [5.41, 5.74) is 2.33. The number of carbonyl (C=O) groups excluding carboxylic acids is 2. The van der Waals surface area contributed by atoms with Crippen LogP contribution in [0.2, 0.25) is 5.02 Å². The zero-order chi connectivity index (χ0) is 19.7. The number of halogens is 1. The molecule has 2 heterocycles. The highest BCUT2D eigenvalue weighted by atomic mass is 35.5. The van der Waals surface area contributed by atoms with Gasteiger partial charge in [0.25, 0.3) is 5.91 Å². The first kappa shape index (κ1) is 18.2. The fourth-order valence-electron chi connectivity index (χ4n) is 3.07. The molecule has 8 heteroatoms. The van der Waals surface area contributed by atoms with Gasteiger partial charge in [0.1, 0.15) is 0 Å². The first-order valence-electron chi connectivity index (χ1n) is 8.77. The quantitative estimate of drug-likeness (QED) is 0.724. The maximum atomic E-state index is 12.4. The average molecular weight is 397 g/mol. The number of nitrogens with zero attached hydrogens (tertiary/aromatic N) is 3. The topological polar surface area (TPSA) is 88.3 Å². The van der Waals surface area contributed by atoms with Crippen LogP contribution in [0.1, 0.15) is 34.2 Å². The molecule has 142 valence electrons. The van der Waals surface area contributed by atoms with E-state index in [-0.39, 0.29) is 30.2 Å². The van der Waals surface area contributed by atoms with Crippen molar-refractivity contribution in [1.82, 2.24) is 10.2 Å². The van der Waals surface area contributed by atoms with E-state index in [0.717, 1.165) is 11.3 Å². The van der Waals surface area contributed by atoms with Crippen LogP contribution in [0, 0.1) is 6.92 Å². The van der Waals surface area contributed by atoms with Crippen LogP contribution in [0.3, 0.4) is 0 Å². The summed E-state index contributed by atoms with van der Waals surface area (Å²) >= 11 is 5.90. The van der Waals surface area contributed by atoms with E-state index >= 15 is 0 Å². The van der Waals surface area contributed by atoms with E-state index < -0.39 is 0 Å². The maximum absolute atomic E-state index is 12.4. The molecule has 28 heavy (non-hydrogen) atoms. The van der Waals surface area contributed by atoms with Gasteiger partial charge in [0.2, 0.25) is 11.8 Å². The molecule has 1 aliphatic heterocycles. The summed E-state index contributed by atoms with van der Waals surface area (Å²) in [6, 6.07) is 14.2. The van der Waals surface area contributed by atoms with Gasteiger partial charge in [0.05, 0.1) is 5.92 Å². The van der Waals surface area contributed by atoms with Gasteiger partial charge in [-0.3, -0.25) is 14.9 Å². The molecule has 4 rings (SSSR count). The van der Waals surface area contributed by atoms with Crippen LogP contribution in [-0.4, -0.2) is 28.6 Å². The number of aromatic nitrogens is 2. The van der Waals surface area contributed by atoms with Crippen LogP contribution in [0.15, 0.2) is 52.9 Å². The van der Waals surface area contributed by atoms with Gasteiger partial charge in [-0.1, -0.05) is 34.4 Å². The van der Waals surface area contributed by atoms with Crippen molar-refractivity contribution in [3.8, 4) is 0 Å². The van der Waals surface area contributed by atoms with E-state index in [9.17, 15) is 9.59 Å². The number of rotatable bonds is 4. The fraction of sp³-hybridized carbons (Fsp3) is 0.200. The Kier molecular flexibility index (Phi) is 4.83. The summed E-state index contributed by atoms with van der Waals surface area (Å²) in [7, 11) is 0. The second kappa shape index (κ2) is 7.44. The SMILES string of the molecule is Cc1ccc(C(=O)Nc2nnc([C@@H]3CC(=O)N(c4ccc(Cl)cc4)C3)o2)cc1. The van der Waals surface area contributed by atoms with Gasteiger partial charge in [0, 0.05) is 29.2 Å². The number of anilines is 2. The predicted molar refractivity (Wildman–Crippen MR) is 105 cm³/mol. The minimum Gasteiger partial charge on any atom is -0.407 e. The summed E-state index contributed by atoms with van der Waals surface area (Å²) in [4.78, 5) is 26.3. The van der Waals surface area contributed by atoms with Crippen molar-refractivity contribution in [2.75, 3.05) is 16.8 Å². The molecule has 0 aliphatic carbocycles. The highest BCUT2D eigenvalue weighted by Gasteiger charge is 2.35. The Hall–Kier alpha value is -3.19. The van der Waals surface area contributed by atoms with Crippen molar-refractivity contribution in [2.24, 2.45) is 0 Å². The fourth-order valence-corrected chi connectivity index (χ4v) is 3.19. The standard InChI is InChI=1S/C20H17ClN4O3/c1-12-2-4-13(5-3-12)18(27)22-20-24-23-19(28-20)14-10-17(26)25(11-14)16-8-6-15(21)7-9-16/h2-9,14H,10-11H2,1H3,(H,22,24,27)/t14-/m1/s1. The molecule has 1 aliphatic rings. The number of benzene rings is 2. The third-order valence-corrected chi connectivity index (χ3v) is 4.84. The smallest absolute Gasteiger partial charge is 0.322 e. The summed E-state index contributed by atoms with van der Waals surface area (Å²) in [6.45, 7) is 2.37. The Balaban J connectivity index is 1.44. The van der Waals surface area contributed by atoms with E-state index in [2.05, 4.69) is 15.5 Å². The first-order valence-corrected chi connectivity index (χ1v) is 9.15. The first-order chi connectivity index (χ1) is 13.5. The number of hydrogen-bond donors (Lipinski definition) is 1. The van der Waals surface area contributed by atoms with E-state index in [1.54, 1.807) is 41.3 Å². The lowest BCUT2D eigenvalue weighted by Crippen LogP contribution is -2.24. The van der Waals surface area contributed by atoms with Gasteiger partial charge in [-0.15, -0.1) is 5.10 Å². The van der Waals surface area contributed by atoms with Gasteiger partial charge >= 0.3 is 6.01 Å². The van der Waals surface area contributed by atoms with Crippen LogP contribution < -0.4 is 10.2 Å². The zero-order valence-electron chi connectivity index (χ0n) is 15.1. The number of carbonyl (C=O) groups is 2. The molecule has 0 bridgehead atoms. The second-order valence-corrected chi connectivity index (χ2v) is 7.08. The molecule has 0 saturated carbocycles. The number of aryl methyl sites for hydroxylation is 1. The largest absolute Gasteiger partial charge is 0.407 e. The van der Waals surface area contributed by atoms with E-state index in [1.165, 1.54) is 0 Å². The van der Waals surface area contributed by atoms with Crippen molar-refractivity contribution in [1.29, 1.82) is 0 Å². The highest BCUT2D eigenvalue weighted by Crippen LogP contribution is 2.32. The Morgan fingerprint density at radius 2 is 1.86 bits per heavy atom. The van der Waals surface area contributed by atoms with Crippen molar-refractivity contribution < 1.29 is 14.0 Å². The molecular weight excluding hydrogens is 380 g/mol. The van der Waals surface area contributed by atoms with Gasteiger partial charge < -0.3 is 9.32 Å². The third kappa shape index (κ3) is 3.75. The highest BCUT2D eigenvalue weighted by molar-refractivity contribution is 6.30. The normalized spacial score (nSPS) is 16.4. The van der Waals surface area contributed by atoms with Gasteiger partial charge in [0.15, 0.2) is 0 Å². The minimum atomic E-state index is -0.333. The Morgan fingerprint density at radius 1 is 1.14 bits per heavy atom. The lowest BCUT2D eigenvalue weighted by atomic mass is 10.1.